The molecule has 0 spiro atoms. The highest BCUT2D eigenvalue weighted by atomic mass is 32.1. The summed E-state index contributed by atoms with van der Waals surface area (Å²) in [6.07, 6.45) is 1.15. The Bertz CT molecular complexity index is 406. The fourth-order valence-electron chi connectivity index (χ4n) is 2.16. The number of aromatic nitrogens is 1. The van der Waals surface area contributed by atoms with Gasteiger partial charge in [-0.2, -0.15) is 0 Å². The maximum atomic E-state index is 2.44. The van der Waals surface area contributed by atoms with E-state index in [1.165, 1.54) is 16.3 Å². The largest absolute Gasteiger partial charge is 0.341 e. The smallest absolute Gasteiger partial charge is 0.0675 e. The van der Waals surface area contributed by atoms with Gasteiger partial charge in [-0.1, -0.05) is 13.0 Å². The molecular weight excluding hydrogens is 202 g/mol. The molecule has 0 bridgehead atoms. The van der Waals surface area contributed by atoms with Crippen LogP contribution < -0.4 is 0 Å². The van der Waals surface area contributed by atoms with Gasteiger partial charge < -0.3 is 4.57 Å². The van der Waals surface area contributed by atoms with E-state index in [1.54, 1.807) is 0 Å². The molecule has 0 aliphatic heterocycles. The van der Waals surface area contributed by atoms with E-state index < -0.39 is 0 Å². The fourth-order valence-corrected chi connectivity index (χ4v) is 3.06. The van der Waals surface area contributed by atoms with Crippen LogP contribution in [-0.2, 0) is 0 Å². The van der Waals surface area contributed by atoms with Gasteiger partial charge in [-0.3, -0.25) is 0 Å². The lowest BCUT2D eigenvalue weighted by Crippen LogP contribution is -2.11. The van der Waals surface area contributed by atoms with Crippen LogP contribution in [0, 0.1) is 13.8 Å². The molecule has 2 heterocycles. The minimum Gasteiger partial charge on any atom is -0.341 e. The molecule has 0 N–H and O–H groups in total. The van der Waals surface area contributed by atoms with Gasteiger partial charge in [0.1, 0.15) is 0 Å². The Hall–Kier alpha value is -1.02. The molecule has 0 radical (unpaired) electrons. The zero-order valence-electron chi connectivity index (χ0n) is 9.53. The highest BCUT2D eigenvalue weighted by molar-refractivity contribution is 7.10. The molecule has 2 rings (SSSR count). The van der Waals surface area contributed by atoms with Crippen LogP contribution in [0.3, 0.4) is 0 Å². The number of hydrogen-bond donors (Lipinski definition) is 0. The maximum Gasteiger partial charge on any atom is 0.0675 e. The van der Waals surface area contributed by atoms with Crippen molar-refractivity contribution in [2.75, 3.05) is 0 Å². The van der Waals surface area contributed by atoms with Crippen LogP contribution in [0.4, 0.5) is 0 Å². The van der Waals surface area contributed by atoms with Crippen LogP contribution in [-0.4, -0.2) is 4.57 Å². The second kappa shape index (κ2) is 4.23. The molecule has 2 heteroatoms. The highest BCUT2D eigenvalue weighted by Gasteiger charge is 2.15. The van der Waals surface area contributed by atoms with Crippen molar-refractivity contribution in [3.8, 4) is 0 Å². The second-order valence-corrected chi connectivity index (χ2v) is 4.90. The van der Waals surface area contributed by atoms with Gasteiger partial charge >= 0.3 is 0 Å². The summed E-state index contributed by atoms with van der Waals surface area (Å²) in [6.45, 7) is 6.62. The predicted octanol–water partition coefficient (Wildman–Crippen LogP) is 4.17. The molecule has 0 aromatic carbocycles. The summed E-state index contributed by atoms with van der Waals surface area (Å²) in [5.41, 5.74) is 2.71. The third-order valence-corrected chi connectivity index (χ3v) is 3.87. The van der Waals surface area contributed by atoms with Crippen molar-refractivity contribution in [3.05, 3.63) is 45.9 Å². The third-order valence-electron chi connectivity index (χ3n) is 2.90. The average molecular weight is 219 g/mol. The molecule has 0 aliphatic rings. The van der Waals surface area contributed by atoms with E-state index in [-0.39, 0.29) is 0 Å². The molecule has 0 saturated heterocycles. The van der Waals surface area contributed by atoms with Crippen LogP contribution >= 0.6 is 11.3 Å². The number of aryl methyl sites for hydroxylation is 2. The lowest BCUT2D eigenvalue weighted by molar-refractivity contribution is 0.554. The van der Waals surface area contributed by atoms with Gasteiger partial charge in [0.25, 0.3) is 0 Å². The molecule has 1 unspecified atom stereocenters. The Morgan fingerprint density at radius 1 is 1.20 bits per heavy atom. The minimum atomic E-state index is 0.514. The van der Waals surface area contributed by atoms with Gasteiger partial charge in [-0.05, 0) is 43.8 Å². The molecular formula is C13H17NS. The highest BCUT2D eigenvalue weighted by Crippen LogP contribution is 2.29. The van der Waals surface area contributed by atoms with Crippen LogP contribution in [0.5, 0.6) is 0 Å². The van der Waals surface area contributed by atoms with Crippen LogP contribution in [0.1, 0.15) is 35.7 Å². The first-order chi connectivity index (χ1) is 7.24. The fraction of sp³-hybridized carbons (Fsp3) is 0.385. The van der Waals surface area contributed by atoms with Crippen molar-refractivity contribution in [2.45, 2.75) is 33.2 Å². The van der Waals surface area contributed by atoms with Gasteiger partial charge in [-0.25, -0.2) is 0 Å². The second-order valence-electron chi connectivity index (χ2n) is 3.93. The van der Waals surface area contributed by atoms with Gasteiger partial charge in [0.05, 0.1) is 6.04 Å². The van der Waals surface area contributed by atoms with E-state index in [1.807, 2.05) is 11.3 Å². The molecule has 15 heavy (non-hydrogen) atoms. The summed E-state index contributed by atoms with van der Waals surface area (Å²) in [7, 11) is 0. The Balaban J connectivity index is 2.44. The predicted molar refractivity (Wildman–Crippen MR) is 66.7 cm³/mol. The molecule has 2 aromatic heterocycles. The number of hydrogen-bond acceptors (Lipinski definition) is 1. The van der Waals surface area contributed by atoms with Gasteiger partial charge in [0.15, 0.2) is 0 Å². The Kier molecular flexibility index (Phi) is 2.96. The summed E-state index contributed by atoms with van der Waals surface area (Å²) in [5, 5.41) is 2.16. The Morgan fingerprint density at radius 3 is 2.33 bits per heavy atom. The molecule has 80 valence electrons. The quantitative estimate of drug-likeness (QED) is 0.730. The van der Waals surface area contributed by atoms with Crippen LogP contribution in [0.25, 0.3) is 0 Å². The molecule has 1 nitrogen and oxygen atoms in total. The molecule has 0 saturated carbocycles. The van der Waals surface area contributed by atoms with Crippen molar-refractivity contribution in [2.24, 2.45) is 0 Å². The van der Waals surface area contributed by atoms with E-state index >= 15 is 0 Å². The van der Waals surface area contributed by atoms with E-state index in [2.05, 4.69) is 55.0 Å². The number of nitrogens with zero attached hydrogens (tertiary/aromatic N) is 1. The normalized spacial score (nSPS) is 13.0. The van der Waals surface area contributed by atoms with Crippen LogP contribution in [0.2, 0.25) is 0 Å². The zero-order chi connectivity index (χ0) is 10.8. The molecule has 2 aromatic rings. The minimum absolute atomic E-state index is 0.514. The van der Waals surface area contributed by atoms with Crippen molar-refractivity contribution in [1.82, 2.24) is 4.57 Å². The van der Waals surface area contributed by atoms with Crippen LogP contribution in [0.15, 0.2) is 29.6 Å². The summed E-state index contributed by atoms with van der Waals surface area (Å²) in [4.78, 5) is 1.46. The van der Waals surface area contributed by atoms with E-state index in [4.69, 9.17) is 0 Å². The van der Waals surface area contributed by atoms with Crippen molar-refractivity contribution < 1.29 is 0 Å². The first-order valence-electron chi connectivity index (χ1n) is 5.42. The SMILES string of the molecule is CCC(c1cccs1)n1c(C)ccc1C. The zero-order valence-corrected chi connectivity index (χ0v) is 10.3. The summed E-state index contributed by atoms with van der Waals surface area (Å²) in [6, 6.07) is 9.28. The van der Waals surface area contributed by atoms with E-state index in [9.17, 15) is 0 Å². The van der Waals surface area contributed by atoms with E-state index in [0.29, 0.717) is 6.04 Å². The Labute approximate surface area is 95.4 Å². The van der Waals surface area contributed by atoms with Gasteiger partial charge in [0, 0.05) is 16.3 Å². The third kappa shape index (κ3) is 1.86. The van der Waals surface area contributed by atoms with Crippen molar-refractivity contribution in [1.29, 1.82) is 0 Å². The Morgan fingerprint density at radius 2 is 1.87 bits per heavy atom. The summed E-state index contributed by atoms with van der Waals surface area (Å²) in [5.74, 6) is 0. The molecule has 0 fully saturated rings. The number of thiophene rings is 1. The average Bonchev–Trinajstić information content (AvgIpc) is 2.83. The lowest BCUT2D eigenvalue weighted by Gasteiger charge is -2.20. The first-order valence-corrected chi connectivity index (χ1v) is 6.29. The summed E-state index contributed by atoms with van der Waals surface area (Å²) < 4.78 is 2.44. The maximum absolute atomic E-state index is 2.44. The number of rotatable bonds is 3. The van der Waals surface area contributed by atoms with Crippen molar-refractivity contribution >= 4 is 11.3 Å². The van der Waals surface area contributed by atoms with E-state index in [0.717, 1.165) is 6.42 Å². The van der Waals surface area contributed by atoms with Gasteiger partial charge in [-0.15, -0.1) is 11.3 Å². The molecule has 0 aliphatic carbocycles. The molecule has 0 amide bonds. The first kappa shape index (κ1) is 10.5. The lowest BCUT2D eigenvalue weighted by atomic mass is 10.1. The topological polar surface area (TPSA) is 4.93 Å². The summed E-state index contributed by atoms with van der Waals surface area (Å²) >= 11 is 1.85. The molecule has 1 atom stereocenters. The monoisotopic (exact) mass is 219 g/mol. The van der Waals surface area contributed by atoms with Crippen molar-refractivity contribution in [3.63, 3.8) is 0 Å². The van der Waals surface area contributed by atoms with Gasteiger partial charge in [0.2, 0.25) is 0 Å². The standard InChI is InChI=1S/C13H17NS/c1-4-12(13-6-5-9-15-13)14-10(2)7-8-11(14)3/h5-9,12H,4H2,1-3H3.